The number of carboxylic acid groups (broad SMARTS) is 1. The van der Waals surface area contributed by atoms with Gasteiger partial charge < -0.3 is 19.7 Å². The van der Waals surface area contributed by atoms with Crippen LogP contribution < -0.4 is 14.6 Å². The molecule has 36 heavy (non-hydrogen) atoms. The van der Waals surface area contributed by atoms with E-state index in [1.807, 2.05) is 30.3 Å². The standard InChI is InChI=1S/C15H11BO4.C13H19N.CH3F/c17-15(18)12-5-3-4-11(10-12)8-9-16-19-13-6-1-2-7-14(13)20-16;1-2-11-4-3-5-13(10-11)12-6-8-14-9-7-12;1-2/h1-10H,(H,17,18);3-5,10,12,14H,2,6-9H2,1H3;1H3/b9-8+;;/i;;1D. The van der Waals surface area contributed by atoms with Gasteiger partial charge in [-0.1, -0.05) is 61.5 Å². The molecule has 0 unspecified atom stereocenters. The minimum absolute atomic E-state index is 0.253. The van der Waals surface area contributed by atoms with Gasteiger partial charge in [0.05, 0.1) is 14.1 Å². The number of para-hydroxylation sites is 2. The summed E-state index contributed by atoms with van der Waals surface area (Å²) >= 11 is 0. The van der Waals surface area contributed by atoms with Gasteiger partial charge in [0.2, 0.25) is 0 Å². The first-order valence-corrected chi connectivity index (χ1v) is 12.1. The smallest absolute Gasteiger partial charge is 0.520 e. The van der Waals surface area contributed by atoms with Crippen LogP contribution in [-0.4, -0.2) is 38.4 Å². The molecule has 0 aliphatic carbocycles. The highest BCUT2D eigenvalue weighted by atomic mass is 19.1. The molecule has 3 aromatic carbocycles. The molecule has 2 aliphatic rings. The third-order valence-corrected chi connectivity index (χ3v) is 6.08. The molecule has 0 atom stereocenters. The summed E-state index contributed by atoms with van der Waals surface area (Å²) < 4.78 is 26.7. The fourth-order valence-corrected chi connectivity index (χ4v) is 4.19. The Morgan fingerprint density at radius 1 is 1.08 bits per heavy atom. The van der Waals surface area contributed by atoms with Crippen molar-refractivity contribution in [2.75, 3.05) is 20.2 Å². The normalized spacial score (nSPS) is 14.8. The van der Waals surface area contributed by atoms with Crippen molar-refractivity contribution in [3.05, 3.63) is 101 Å². The number of nitrogens with one attached hydrogen (secondary N) is 1. The summed E-state index contributed by atoms with van der Waals surface area (Å²) in [5.74, 6) is 3.02. The maximum Gasteiger partial charge on any atom is 0.625 e. The summed E-state index contributed by atoms with van der Waals surface area (Å²) in [6, 6.07) is 23.2. The topological polar surface area (TPSA) is 67.8 Å². The number of alkyl halides is 1. The molecule has 2 N–H and O–H groups in total. The zero-order chi connectivity index (χ0) is 26.5. The highest BCUT2D eigenvalue weighted by Gasteiger charge is 2.28. The Hall–Kier alpha value is -3.58. The number of aromatic carboxylic acids is 1. The fraction of sp³-hybridized carbons (Fsp3) is 0.276. The van der Waals surface area contributed by atoms with E-state index in [0.717, 1.165) is 17.9 Å². The Labute approximate surface area is 214 Å². The van der Waals surface area contributed by atoms with Crippen LogP contribution in [0.15, 0.2) is 78.8 Å². The Kier molecular flexibility index (Phi) is 9.99. The van der Waals surface area contributed by atoms with Crippen molar-refractivity contribution in [3.8, 4) is 11.5 Å². The van der Waals surface area contributed by atoms with Gasteiger partial charge in [-0.15, -0.1) is 0 Å². The third kappa shape index (κ3) is 7.72. The summed E-state index contributed by atoms with van der Waals surface area (Å²) in [7, 11) is -1.49. The van der Waals surface area contributed by atoms with Crippen molar-refractivity contribution in [2.45, 2.75) is 32.1 Å². The molecule has 3 aromatic rings. The van der Waals surface area contributed by atoms with Gasteiger partial charge in [-0.25, -0.2) is 4.79 Å². The summed E-state index contributed by atoms with van der Waals surface area (Å²) in [5, 5.41) is 12.3. The van der Waals surface area contributed by atoms with Gasteiger partial charge in [0.1, 0.15) is 11.5 Å². The zero-order valence-corrected chi connectivity index (χ0v) is 20.5. The number of aryl methyl sites for hydroxylation is 1. The highest BCUT2D eigenvalue weighted by Crippen LogP contribution is 2.33. The molecule has 2 aliphatic heterocycles. The molecule has 0 spiro atoms. The van der Waals surface area contributed by atoms with E-state index in [9.17, 15) is 9.18 Å². The van der Waals surface area contributed by atoms with E-state index < -0.39 is 20.2 Å². The average molecular weight is 490 g/mol. The van der Waals surface area contributed by atoms with E-state index in [4.69, 9.17) is 15.8 Å². The van der Waals surface area contributed by atoms with E-state index in [1.54, 1.807) is 35.8 Å². The van der Waals surface area contributed by atoms with Crippen molar-refractivity contribution in [3.63, 3.8) is 0 Å². The lowest BCUT2D eigenvalue weighted by molar-refractivity contribution is 0.0697. The molecule has 1 fully saturated rings. The second-order valence-electron chi connectivity index (χ2n) is 8.46. The third-order valence-electron chi connectivity index (χ3n) is 6.08. The van der Waals surface area contributed by atoms with Crippen molar-refractivity contribution in [1.82, 2.24) is 5.32 Å². The molecular weight excluding hydrogens is 456 g/mol. The lowest BCUT2D eigenvalue weighted by atomic mass is 9.89. The average Bonchev–Trinajstić information content (AvgIpc) is 3.37. The number of fused-ring (bicyclic) bond motifs is 1. The van der Waals surface area contributed by atoms with Crippen LogP contribution in [0.2, 0.25) is 0 Å². The minimum atomic E-state index is -1.00. The predicted molar refractivity (Wildman–Crippen MR) is 144 cm³/mol. The largest absolute Gasteiger partial charge is 0.625 e. The van der Waals surface area contributed by atoms with Gasteiger partial charge in [-0.05, 0) is 85.2 Å². The van der Waals surface area contributed by atoms with Crippen LogP contribution in [0, 0.1) is 0 Å². The van der Waals surface area contributed by atoms with Gasteiger partial charge >= 0.3 is 13.1 Å². The molecule has 0 aromatic heterocycles. The Bertz CT molecular complexity index is 1140. The summed E-state index contributed by atoms with van der Waals surface area (Å²) in [4.78, 5) is 10.9. The van der Waals surface area contributed by atoms with Crippen LogP contribution in [0.5, 0.6) is 11.5 Å². The number of halogens is 1. The van der Waals surface area contributed by atoms with E-state index in [1.165, 1.54) is 31.5 Å². The number of piperidine rings is 1. The summed E-state index contributed by atoms with van der Waals surface area (Å²) in [5.41, 5.74) is 4.06. The minimum Gasteiger partial charge on any atom is -0.520 e. The molecule has 0 radical (unpaired) electrons. The van der Waals surface area contributed by atoms with E-state index >= 15 is 0 Å². The van der Waals surface area contributed by atoms with Crippen LogP contribution in [-0.2, 0) is 6.42 Å². The van der Waals surface area contributed by atoms with E-state index in [0.29, 0.717) is 11.5 Å². The van der Waals surface area contributed by atoms with Gasteiger partial charge in [0.15, 0.2) is 0 Å². The SMILES string of the molecule is CCc1cccc(C2CCNCC2)c1.O=C(O)c1cccc(/C=C/B2Oc3ccccc3O2)c1.[2H]CF. The molecule has 5 nitrogen and oxygen atoms in total. The van der Waals surface area contributed by atoms with Crippen molar-refractivity contribution in [1.29, 1.82) is 0 Å². The summed E-state index contributed by atoms with van der Waals surface area (Å²) in [6.07, 6.45) is 5.53. The molecule has 188 valence electrons. The van der Waals surface area contributed by atoms with Gasteiger partial charge in [-0.3, -0.25) is 4.39 Å². The predicted octanol–water partition coefficient (Wildman–Crippen LogP) is 6.20. The fourth-order valence-electron chi connectivity index (χ4n) is 4.19. The molecule has 5 rings (SSSR count). The van der Waals surface area contributed by atoms with Crippen molar-refractivity contribution >= 4 is 19.2 Å². The van der Waals surface area contributed by atoms with E-state index in [-0.39, 0.29) is 5.56 Å². The van der Waals surface area contributed by atoms with Crippen LogP contribution in [0.4, 0.5) is 4.39 Å². The maximum atomic E-state index is 10.9. The lowest BCUT2D eigenvalue weighted by Crippen LogP contribution is -2.26. The Morgan fingerprint density at radius 3 is 2.39 bits per heavy atom. The Morgan fingerprint density at radius 2 is 1.75 bits per heavy atom. The highest BCUT2D eigenvalue weighted by molar-refractivity contribution is 6.54. The molecule has 0 bridgehead atoms. The second kappa shape index (κ2) is 14.1. The van der Waals surface area contributed by atoms with Crippen LogP contribution in [0.25, 0.3) is 6.08 Å². The number of carboxylic acids is 1. The van der Waals surface area contributed by atoms with Crippen LogP contribution >= 0.6 is 0 Å². The number of hydrogen-bond acceptors (Lipinski definition) is 4. The summed E-state index contributed by atoms with van der Waals surface area (Å²) in [6.45, 7) is 4.59. The van der Waals surface area contributed by atoms with Gasteiger partial charge in [0.25, 0.3) is 0 Å². The first-order chi connectivity index (χ1) is 18.0. The monoisotopic (exact) mass is 490 g/mol. The van der Waals surface area contributed by atoms with Crippen molar-refractivity contribution in [2.24, 2.45) is 0 Å². The molecule has 2 heterocycles. The van der Waals surface area contributed by atoms with Crippen molar-refractivity contribution < 1.29 is 25.0 Å². The number of carbonyl (C=O) groups is 1. The molecule has 0 saturated carbocycles. The molecule has 1 saturated heterocycles. The first kappa shape index (κ1) is 25.5. The number of benzene rings is 3. The maximum absolute atomic E-state index is 10.9. The van der Waals surface area contributed by atoms with Crippen LogP contribution in [0.1, 0.15) is 54.1 Å². The number of rotatable bonds is 5. The van der Waals surface area contributed by atoms with E-state index in [2.05, 4.69) is 36.5 Å². The zero-order valence-electron chi connectivity index (χ0n) is 21.5. The second-order valence-corrected chi connectivity index (χ2v) is 8.46. The first-order valence-electron chi connectivity index (χ1n) is 12.8. The van der Waals surface area contributed by atoms with Gasteiger partial charge in [-0.2, -0.15) is 0 Å². The number of hydrogen-bond donors (Lipinski definition) is 2. The van der Waals surface area contributed by atoms with Crippen LogP contribution in [0.3, 0.4) is 0 Å². The lowest BCUT2D eigenvalue weighted by Gasteiger charge is -2.23. The molecular formula is C29H33BFNO4. The molecule has 7 heteroatoms. The Balaban J connectivity index is 0.000000195. The molecule has 0 amide bonds. The quantitative estimate of drug-likeness (QED) is 0.417. The van der Waals surface area contributed by atoms with Gasteiger partial charge in [0, 0.05) is 0 Å².